The number of benzene rings is 1. The van der Waals surface area contributed by atoms with Gasteiger partial charge in [-0.3, -0.25) is 9.59 Å². The van der Waals surface area contributed by atoms with Gasteiger partial charge in [-0.2, -0.15) is 0 Å². The van der Waals surface area contributed by atoms with Crippen LogP contribution in [0.2, 0.25) is 10.0 Å². The van der Waals surface area contributed by atoms with Gasteiger partial charge in [-0.05, 0) is 31.4 Å². The SMILES string of the molecule is CCCC(=O)Nc1c(Cl)cc(Cl)cc1C(=O)N1CCCC(c2nccs2)C1. The van der Waals surface area contributed by atoms with Gasteiger partial charge in [0.1, 0.15) is 0 Å². The standard InChI is InChI=1S/C19H21Cl2N3O2S/c1-2-4-16(25)23-17-14(9-13(20)10-15(17)21)19(26)24-7-3-5-12(11-24)18-22-6-8-27-18/h6,8-10,12H,2-5,7,11H2,1H3,(H,23,25). The molecule has 1 saturated heterocycles. The highest BCUT2D eigenvalue weighted by Gasteiger charge is 2.29. The van der Waals surface area contributed by atoms with Crippen LogP contribution in [-0.2, 0) is 4.79 Å². The summed E-state index contributed by atoms with van der Waals surface area (Å²) in [6.07, 6.45) is 4.78. The number of thiazole rings is 1. The van der Waals surface area contributed by atoms with Crippen molar-refractivity contribution < 1.29 is 9.59 Å². The molecule has 1 aliphatic rings. The van der Waals surface area contributed by atoms with Crippen molar-refractivity contribution in [2.24, 2.45) is 0 Å². The lowest BCUT2D eigenvalue weighted by Crippen LogP contribution is -2.39. The molecule has 0 spiro atoms. The van der Waals surface area contributed by atoms with Crippen LogP contribution in [0.4, 0.5) is 5.69 Å². The summed E-state index contributed by atoms with van der Waals surface area (Å²) >= 11 is 14.0. The fourth-order valence-electron chi connectivity index (χ4n) is 3.27. The monoisotopic (exact) mass is 425 g/mol. The number of hydrogen-bond acceptors (Lipinski definition) is 4. The Morgan fingerprint density at radius 2 is 2.19 bits per heavy atom. The minimum absolute atomic E-state index is 0.171. The maximum Gasteiger partial charge on any atom is 0.256 e. The van der Waals surface area contributed by atoms with Crippen LogP contribution in [0.15, 0.2) is 23.7 Å². The molecule has 0 aliphatic carbocycles. The molecular weight excluding hydrogens is 405 g/mol. The van der Waals surface area contributed by atoms with Crippen LogP contribution in [0, 0.1) is 0 Å². The van der Waals surface area contributed by atoms with Crippen molar-refractivity contribution in [3.8, 4) is 0 Å². The molecule has 27 heavy (non-hydrogen) atoms. The predicted molar refractivity (Wildman–Crippen MR) is 110 cm³/mol. The third-order valence-corrected chi connectivity index (χ3v) is 5.99. The molecule has 1 N–H and O–H groups in total. The number of aromatic nitrogens is 1. The first kappa shape index (κ1) is 20.1. The van der Waals surface area contributed by atoms with Crippen molar-refractivity contribution in [2.75, 3.05) is 18.4 Å². The van der Waals surface area contributed by atoms with Crippen LogP contribution in [0.5, 0.6) is 0 Å². The van der Waals surface area contributed by atoms with Gasteiger partial charge in [-0.15, -0.1) is 11.3 Å². The van der Waals surface area contributed by atoms with Crippen LogP contribution in [0.3, 0.4) is 0 Å². The molecular formula is C19H21Cl2N3O2S. The van der Waals surface area contributed by atoms with Gasteiger partial charge < -0.3 is 10.2 Å². The van der Waals surface area contributed by atoms with E-state index in [1.165, 1.54) is 6.07 Å². The number of halogens is 2. The van der Waals surface area contributed by atoms with Gasteiger partial charge in [0, 0.05) is 42.0 Å². The topological polar surface area (TPSA) is 62.3 Å². The van der Waals surface area contributed by atoms with Crippen LogP contribution in [0.1, 0.15) is 53.9 Å². The molecule has 3 rings (SSSR count). The maximum atomic E-state index is 13.2. The Kier molecular flexibility index (Phi) is 6.73. The third kappa shape index (κ3) is 4.81. The minimum Gasteiger partial charge on any atom is -0.338 e. The number of hydrogen-bond donors (Lipinski definition) is 1. The molecule has 1 fully saturated rings. The highest BCUT2D eigenvalue weighted by Crippen LogP contribution is 2.34. The molecule has 0 bridgehead atoms. The van der Waals surface area contributed by atoms with Crippen molar-refractivity contribution in [3.05, 3.63) is 44.3 Å². The number of carbonyl (C=O) groups excluding carboxylic acids is 2. The Morgan fingerprint density at radius 1 is 1.37 bits per heavy atom. The summed E-state index contributed by atoms with van der Waals surface area (Å²) < 4.78 is 0. The quantitative estimate of drug-likeness (QED) is 0.714. The molecule has 1 aromatic carbocycles. The molecule has 8 heteroatoms. The molecule has 1 unspecified atom stereocenters. The average molecular weight is 426 g/mol. The van der Waals surface area contributed by atoms with Crippen LogP contribution < -0.4 is 5.32 Å². The Balaban J connectivity index is 1.85. The molecule has 0 radical (unpaired) electrons. The molecule has 2 heterocycles. The van der Waals surface area contributed by atoms with E-state index in [9.17, 15) is 9.59 Å². The van der Waals surface area contributed by atoms with Gasteiger partial charge in [-0.1, -0.05) is 30.1 Å². The van der Waals surface area contributed by atoms with E-state index in [0.717, 1.165) is 17.8 Å². The fraction of sp³-hybridized carbons (Fsp3) is 0.421. The molecule has 1 aromatic heterocycles. The number of amides is 2. The Bertz CT molecular complexity index is 827. The number of rotatable bonds is 5. The highest BCUT2D eigenvalue weighted by atomic mass is 35.5. The van der Waals surface area contributed by atoms with Gasteiger partial charge in [0.25, 0.3) is 5.91 Å². The number of likely N-dealkylation sites (tertiary alicyclic amines) is 1. The molecule has 1 aliphatic heterocycles. The number of anilines is 1. The summed E-state index contributed by atoms with van der Waals surface area (Å²) in [4.78, 5) is 31.5. The van der Waals surface area contributed by atoms with Gasteiger partial charge in [0.05, 0.1) is 21.3 Å². The highest BCUT2D eigenvalue weighted by molar-refractivity contribution is 7.09. The lowest BCUT2D eigenvalue weighted by Gasteiger charge is -2.32. The van der Waals surface area contributed by atoms with E-state index in [2.05, 4.69) is 10.3 Å². The van der Waals surface area contributed by atoms with Gasteiger partial charge in [0.15, 0.2) is 0 Å². The van der Waals surface area contributed by atoms with Crippen LogP contribution >= 0.6 is 34.5 Å². The molecule has 2 amide bonds. The Morgan fingerprint density at radius 3 is 2.89 bits per heavy atom. The number of carbonyl (C=O) groups is 2. The van der Waals surface area contributed by atoms with E-state index in [0.29, 0.717) is 42.2 Å². The first-order valence-corrected chi connectivity index (χ1v) is 10.6. The minimum atomic E-state index is -0.174. The molecule has 2 aromatic rings. The third-order valence-electron chi connectivity index (χ3n) is 4.54. The summed E-state index contributed by atoms with van der Waals surface area (Å²) in [7, 11) is 0. The number of nitrogens with one attached hydrogen (secondary N) is 1. The second kappa shape index (κ2) is 9.04. The lowest BCUT2D eigenvalue weighted by atomic mass is 9.97. The zero-order valence-corrected chi connectivity index (χ0v) is 17.3. The van der Waals surface area contributed by atoms with E-state index >= 15 is 0 Å². The van der Waals surface area contributed by atoms with Crippen molar-refractivity contribution in [3.63, 3.8) is 0 Å². The average Bonchev–Trinajstić information content (AvgIpc) is 3.18. The lowest BCUT2D eigenvalue weighted by molar-refractivity contribution is -0.116. The predicted octanol–water partition coefficient (Wildman–Crippen LogP) is 5.21. The largest absolute Gasteiger partial charge is 0.338 e. The molecule has 144 valence electrons. The smallest absolute Gasteiger partial charge is 0.256 e. The summed E-state index contributed by atoms with van der Waals surface area (Å²) in [5.41, 5.74) is 0.664. The second-order valence-corrected chi connectivity index (χ2v) is 8.34. The van der Waals surface area contributed by atoms with E-state index in [1.54, 1.807) is 28.5 Å². The van der Waals surface area contributed by atoms with E-state index in [4.69, 9.17) is 23.2 Å². The van der Waals surface area contributed by atoms with Crippen molar-refractivity contribution >= 4 is 52.0 Å². The molecule has 1 atom stereocenters. The fourth-order valence-corrected chi connectivity index (χ4v) is 4.58. The van der Waals surface area contributed by atoms with Crippen molar-refractivity contribution in [2.45, 2.75) is 38.5 Å². The number of piperidine rings is 1. The zero-order chi connectivity index (χ0) is 19.4. The van der Waals surface area contributed by atoms with Crippen LogP contribution in [-0.4, -0.2) is 34.8 Å². The van der Waals surface area contributed by atoms with Crippen molar-refractivity contribution in [1.82, 2.24) is 9.88 Å². The first-order valence-electron chi connectivity index (χ1n) is 8.97. The Hall–Kier alpha value is -1.63. The summed E-state index contributed by atoms with van der Waals surface area (Å²) in [6, 6.07) is 3.11. The second-order valence-electron chi connectivity index (χ2n) is 6.57. The molecule has 5 nitrogen and oxygen atoms in total. The van der Waals surface area contributed by atoms with Crippen molar-refractivity contribution in [1.29, 1.82) is 0 Å². The maximum absolute atomic E-state index is 13.2. The van der Waals surface area contributed by atoms with Gasteiger partial charge in [0.2, 0.25) is 5.91 Å². The zero-order valence-electron chi connectivity index (χ0n) is 15.0. The van der Waals surface area contributed by atoms with E-state index < -0.39 is 0 Å². The summed E-state index contributed by atoms with van der Waals surface area (Å²) in [6.45, 7) is 3.17. The summed E-state index contributed by atoms with van der Waals surface area (Å²) in [5.74, 6) is -0.113. The normalized spacial score (nSPS) is 17.0. The van der Waals surface area contributed by atoms with E-state index in [1.807, 2.05) is 12.3 Å². The number of nitrogens with zero attached hydrogens (tertiary/aromatic N) is 2. The van der Waals surface area contributed by atoms with E-state index in [-0.39, 0.29) is 22.8 Å². The summed E-state index contributed by atoms with van der Waals surface area (Å²) in [5, 5.41) is 6.41. The van der Waals surface area contributed by atoms with Gasteiger partial charge >= 0.3 is 0 Å². The first-order chi connectivity index (χ1) is 13.0. The van der Waals surface area contributed by atoms with Crippen LogP contribution in [0.25, 0.3) is 0 Å². The molecule has 0 saturated carbocycles. The van der Waals surface area contributed by atoms with Gasteiger partial charge in [-0.25, -0.2) is 4.98 Å². The Labute approximate surface area is 172 Å².